The number of nitrogens with zero attached hydrogens (tertiary/aromatic N) is 1. The molecular formula is C10H10N2S. The summed E-state index contributed by atoms with van der Waals surface area (Å²) in [5, 5.41) is 4.13. The molecule has 0 spiro atoms. The van der Waals surface area contributed by atoms with Crippen LogP contribution in [0.5, 0.6) is 0 Å². The molecule has 3 heteroatoms. The zero-order valence-corrected chi connectivity index (χ0v) is 7.92. The maximum atomic E-state index is 5.55. The van der Waals surface area contributed by atoms with Gasteiger partial charge in [0.25, 0.3) is 0 Å². The SMILES string of the molecule is NCc1ccnc(-c2ccsc2)c1. The van der Waals surface area contributed by atoms with Crippen molar-refractivity contribution in [3.05, 3.63) is 40.7 Å². The summed E-state index contributed by atoms with van der Waals surface area (Å²) >= 11 is 1.68. The van der Waals surface area contributed by atoms with E-state index in [1.807, 2.05) is 17.5 Å². The number of pyridine rings is 1. The molecule has 0 fully saturated rings. The highest BCUT2D eigenvalue weighted by Crippen LogP contribution is 2.20. The summed E-state index contributed by atoms with van der Waals surface area (Å²) < 4.78 is 0. The predicted octanol–water partition coefficient (Wildman–Crippen LogP) is 2.27. The highest BCUT2D eigenvalue weighted by atomic mass is 32.1. The second kappa shape index (κ2) is 3.68. The number of hydrogen-bond donors (Lipinski definition) is 1. The molecule has 0 aliphatic heterocycles. The highest BCUT2D eigenvalue weighted by Gasteiger charge is 1.99. The van der Waals surface area contributed by atoms with E-state index in [1.165, 1.54) is 5.56 Å². The van der Waals surface area contributed by atoms with Gasteiger partial charge in [-0.25, -0.2) is 0 Å². The van der Waals surface area contributed by atoms with Gasteiger partial charge in [0.2, 0.25) is 0 Å². The van der Waals surface area contributed by atoms with Crippen molar-refractivity contribution in [2.24, 2.45) is 5.73 Å². The Kier molecular flexibility index (Phi) is 2.38. The Morgan fingerprint density at radius 3 is 3.00 bits per heavy atom. The van der Waals surface area contributed by atoms with Crippen LogP contribution in [0.4, 0.5) is 0 Å². The minimum absolute atomic E-state index is 0.569. The molecule has 0 bridgehead atoms. The van der Waals surface area contributed by atoms with Crippen LogP contribution in [0.15, 0.2) is 35.2 Å². The van der Waals surface area contributed by atoms with Gasteiger partial charge in [-0.05, 0) is 29.1 Å². The van der Waals surface area contributed by atoms with E-state index >= 15 is 0 Å². The molecule has 0 amide bonds. The average Bonchev–Trinajstić information content (AvgIpc) is 2.71. The van der Waals surface area contributed by atoms with Gasteiger partial charge in [-0.2, -0.15) is 11.3 Å². The summed E-state index contributed by atoms with van der Waals surface area (Å²) in [6.45, 7) is 0.569. The number of hydrogen-bond acceptors (Lipinski definition) is 3. The number of thiophene rings is 1. The molecule has 66 valence electrons. The van der Waals surface area contributed by atoms with Crippen LogP contribution >= 0.6 is 11.3 Å². The van der Waals surface area contributed by atoms with Crippen LogP contribution in [0, 0.1) is 0 Å². The standard InChI is InChI=1S/C10H10N2S/c11-6-8-1-3-12-10(5-8)9-2-4-13-7-9/h1-5,7H,6,11H2. The Morgan fingerprint density at radius 1 is 1.38 bits per heavy atom. The van der Waals surface area contributed by atoms with Gasteiger partial charge in [-0.15, -0.1) is 0 Å². The van der Waals surface area contributed by atoms with E-state index in [1.54, 1.807) is 17.5 Å². The van der Waals surface area contributed by atoms with Crippen LogP contribution in [-0.2, 0) is 6.54 Å². The van der Waals surface area contributed by atoms with Crippen LogP contribution < -0.4 is 5.73 Å². The average molecular weight is 190 g/mol. The Bertz CT molecular complexity index is 382. The van der Waals surface area contributed by atoms with E-state index < -0.39 is 0 Å². The Labute approximate surface area is 81.1 Å². The van der Waals surface area contributed by atoms with Gasteiger partial charge in [0, 0.05) is 23.7 Å². The smallest absolute Gasteiger partial charge is 0.0713 e. The largest absolute Gasteiger partial charge is 0.326 e. The van der Waals surface area contributed by atoms with Crippen LogP contribution in [0.25, 0.3) is 11.3 Å². The third kappa shape index (κ3) is 1.76. The molecule has 2 aromatic heterocycles. The minimum Gasteiger partial charge on any atom is -0.326 e. The maximum absolute atomic E-state index is 5.55. The van der Waals surface area contributed by atoms with E-state index in [0.717, 1.165) is 11.3 Å². The van der Waals surface area contributed by atoms with Gasteiger partial charge in [0.1, 0.15) is 0 Å². The molecule has 0 aliphatic rings. The van der Waals surface area contributed by atoms with Crippen molar-refractivity contribution >= 4 is 11.3 Å². The van der Waals surface area contributed by atoms with E-state index in [-0.39, 0.29) is 0 Å². The minimum atomic E-state index is 0.569. The van der Waals surface area contributed by atoms with Gasteiger partial charge < -0.3 is 5.73 Å². The van der Waals surface area contributed by atoms with Crippen LogP contribution in [0.2, 0.25) is 0 Å². The molecule has 0 aromatic carbocycles. The first kappa shape index (κ1) is 8.41. The Balaban J connectivity index is 2.41. The highest BCUT2D eigenvalue weighted by molar-refractivity contribution is 7.08. The summed E-state index contributed by atoms with van der Waals surface area (Å²) in [6, 6.07) is 6.03. The zero-order chi connectivity index (χ0) is 9.10. The van der Waals surface area contributed by atoms with Crippen molar-refractivity contribution in [2.45, 2.75) is 6.54 Å². The summed E-state index contributed by atoms with van der Waals surface area (Å²) in [5.41, 5.74) is 8.84. The second-order valence-corrected chi connectivity index (χ2v) is 3.55. The van der Waals surface area contributed by atoms with Crippen LogP contribution in [0.1, 0.15) is 5.56 Å². The predicted molar refractivity (Wildman–Crippen MR) is 55.4 cm³/mol. The van der Waals surface area contributed by atoms with Gasteiger partial charge >= 0.3 is 0 Å². The molecular weight excluding hydrogens is 180 g/mol. The molecule has 13 heavy (non-hydrogen) atoms. The first-order valence-corrected chi connectivity index (χ1v) is 5.02. The first-order valence-electron chi connectivity index (χ1n) is 4.08. The van der Waals surface area contributed by atoms with E-state index in [9.17, 15) is 0 Å². The summed E-state index contributed by atoms with van der Waals surface area (Å²) in [4.78, 5) is 4.28. The first-order chi connectivity index (χ1) is 6.40. The summed E-state index contributed by atoms with van der Waals surface area (Å²) in [6.07, 6.45) is 1.80. The van der Waals surface area contributed by atoms with E-state index in [0.29, 0.717) is 6.54 Å². The van der Waals surface area contributed by atoms with E-state index in [2.05, 4.69) is 16.4 Å². The maximum Gasteiger partial charge on any atom is 0.0713 e. The van der Waals surface area contributed by atoms with Crippen LogP contribution in [-0.4, -0.2) is 4.98 Å². The molecule has 0 atom stereocenters. The third-order valence-electron chi connectivity index (χ3n) is 1.88. The number of nitrogens with two attached hydrogens (primary N) is 1. The van der Waals surface area contributed by atoms with Crippen molar-refractivity contribution < 1.29 is 0 Å². The molecule has 0 saturated heterocycles. The van der Waals surface area contributed by atoms with Crippen molar-refractivity contribution in [3.8, 4) is 11.3 Å². The molecule has 2 nitrogen and oxygen atoms in total. The lowest BCUT2D eigenvalue weighted by atomic mass is 10.1. The molecule has 2 aromatic rings. The van der Waals surface area contributed by atoms with Crippen molar-refractivity contribution in [3.63, 3.8) is 0 Å². The van der Waals surface area contributed by atoms with Crippen molar-refractivity contribution in [1.29, 1.82) is 0 Å². The molecule has 2 heterocycles. The summed E-state index contributed by atoms with van der Waals surface area (Å²) in [5.74, 6) is 0. The molecule has 0 aliphatic carbocycles. The van der Waals surface area contributed by atoms with Gasteiger partial charge in [-0.1, -0.05) is 0 Å². The number of rotatable bonds is 2. The van der Waals surface area contributed by atoms with Crippen LogP contribution in [0.3, 0.4) is 0 Å². The van der Waals surface area contributed by atoms with Crippen molar-refractivity contribution in [2.75, 3.05) is 0 Å². The molecule has 0 radical (unpaired) electrons. The Hall–Kier alpha value is -1.19. The van der Waals surface area contributed by atoms with Gasteiger partial charge in [0.05, 0.1) is 5.69 Å². The fourth-order valence-electron chi connectivity index (χ4n) is 1.17. The molecule has 0 saturated carbocycles. The Morgan fingerprint density at radius 2 is 2.31 bits per heavy atom. The van der Waals surface area contributed by atoms with Gasteiger partial charge in [0.15, 0.2) is 0 Å². The fourth-order valence-corrected chi connectivity index (χ4v) is 1.82. The molecule has 2 rings (SSSR count). The third-order valence-corrected chi connectivity index (χ3v) is 2.56. The molecule has 0 unspecified atom stereocenters. The normalized spacial score (nSPS) is 10.2. The van der Waals surface area contributed by atoms with Crippen molar-refractivity contribution in [1.82, 2.24) is 4.98 Å². The van der Waals surface area contributed by atoms with E-state index in [4.69, 9.17) is 5.73 Å². The second-order valence-electron chi connectivity index (χ2n) is 2.77. The summed E-state index contributed by atoms with van der Waals surface area (Å²) in [7, 11) is 0. The lowest BCUT2D eigenvalue weighted by molar-refractivity contribution is 1.06. The topological polar surface area (TPSA) is 38.9 Å². The lowest BCUT2D eigenvalue weighted by Crippen LogP contribution is -1.96. The molecule has 2 N–H and O–H groups in total. The quantitative estimate of drug-likeness (QED) is 0.789. The monoisotopic (exact) mass is 190 g/mol. The zero-order valence-electron chi connectivity index (χ0n) is 7.10. The fraction of sp³-hybridized carbons (Fsp3) is 0.100. The van der Waals surface area contributed by atoms with Gasteiger partial charge in [-0.3, -0.25) is 4.98 Å². The number of aromatic nitrogens is 1. The lowest BCUT2D eigenvalue weighted by Gasteiger charge is -1.99.